The molecule has 0 spiro atoms. The smallest absolute Gasteiger partial charge is 0.358 e. The van der Waals surface area contributed by atoms with Crippen molar-refractivity contribution in [3.63, 3.8) is 0 Å². The maximum Gasteiger partial charge on any atom is 4.00 e. The van der Waals surface area contributed by atoms with Gasteiger partial charge in [0.05, 0.1) is 8.07 Å². The minimum Gasteiger partial charge on any atom is -0.358 e. The van der Waals surface area contributed by atoms with Gasteiger partial charge < -0.3 is 14.9 Å². The second-order valence-electron chi connectivity index (χ2n) is 12.9. The normalized spacial score (nSPS) is 11.2. The van der Waals surface area contributed by atoms with Crippen molar-refractivity contribution < 1.29 is 25.8 Å². The molecule has 0 nitrogen and oxygen atoms in total. The molecular formula is C45H46HfSi. The molecule has 0 saturated heterocycles. The van der Waals surface area contributed by atoms with Crippen molar-refractivity contribution in [2.24, 2.45) is 0 Å². The van der Waals surface area contributed by atoms with Crippen molar-refractivity contribution in [3.05, 3.63) is 170 Å². The molecule has 7 aromatic rings. The topological polar surface area (TPSA) is 0 Å². The van der Waals surface area contributed by atoms with Gasteiger partial charge >= 0.3 is 25.8 Å². The fourth-order valence-electron chi connectivity index (χ4n) is 7.16. The molecule has 0 aliphatic carbocycles. The van der Waals surface area contributed by atoms with E-state index in [9.17, 15) is 0 Å². The minimum atomic E-state index is -2.15. The molecular weight excluding hydrogens is 747 g/mol. The van der Waals surface area contributed by atoms with Crippen molar-refractivity contribution in [2.75, 3.05) is 0 Å². The van der Waals surface area contributed by atoms with Crippen LogP contribution >= 0.6 is 0 Å². The van der Waals surface area contributed by atoms with Gasteiger partial charge in [0.25, 0.3) is 0 Å². The standard InChI is InChI=1S/C43H40Si.2CH3.Hf/c1-29-13-9-19-38(31(29)3)40-21-11-17-34-25-36(27-42(34)40)44(5,24-23-33-15-7-6-8-16-33)37-26-35-18-12-22-41(43(35)28-37)39-20-10-14-30(2)32(39)4;;;/h6-22,25-28H,23-24H2,1-5H3;2*1H3;/q-2;2*-1;+4. The van der Waals surface area contributed by atoms with Crippen LogP contribution < -0.4 is 10.4 Å². The summed E-state index contributed by atoms with van der Waals surface area (Å²) in [6.07, 6.45) is 1.08. The molecule has 234 valence electrons. The molecule has 0 amide bonds. The van der Waals surface area contributed by atoms with Gasteiger partial charge in [-0.05, 0) is 79.1 Å². The van der Waals surface area contributed by atoms with Crippen LogP contribution in [0, 0.1) is 42.5 Å². The Labute approximate surface area is 303 Å². The van der Waals surface area contributed by atoms with Gasteiger partial charge in [-0.15, -0.1) is 68.3 Å². The van der Waals surface area contributed by atoms with Crippen molar-refractivity contribution in [1.82, 2.24) is 0 Å². The summed E-state index contributed by atoms with van der Waals surface area (Å²) in [4.78, 5) is 0. The molecule has 0 fully saturated rings. The molecule has 0 radical (unpaired) electrons. The molecule has 0 aromatic heterocycles. The Bertz CT molecular complexity index is 2000. The molecule has 0 aliphatic rings. The maximum absolute atomic E-state index is 2.60. The molecule has 0 saturated carbocycles. The summed E-state index contributed by atoms with van der Waals surface area (Å²) in [5, 5.41) is 8.52. The molecule has 0 heterocycles. The minimum absolute atomic E-state index is 0. The Morgan fingerprint density at radius 2 is 0.936 bits per heavy atom. The van der Waals surface area contributed by atoms with E-state index in [-0.39, 0.29) is 40.7 Å². The second kappa shape index (κ2) is 14.7. The predicted octanol–water partition coefficient (Wildman–Crippen LogP) is 11.3. The van der Waals surface area contributed by atoms with Gasteiger partial charge in [-0.1, -0.05) is 96.5 Å². The van der Waals surface area contributed by atoms with E-state index in [2.05, 4.69) is 162 Å². The quantitative estimate of drug-likeness (QED) is 0.111. The van der Waals surface area contributed by atoms with E-state index in [0.717, 1.165) is 6.42 Å². The van der Waals surface area contributed by atoms with Crippen LogP contribution in [0.4, 0.5) is 0 Å². The zero-order valence-electron chi connectivity index (χ0n) is 29.0. The summed E-state index contributed by atoms with van der Waals surface area (Å²) >= 11 is 0. The third-order valence-corrected chi connectivity index (χ3v) is 14.7. The van der Waals surface area contributed by atoms with Gasteiger partial charge in [-0.3, -0.25) is 0 Å². The van der Waals surface area contributed by atoms with Gasteiger partial charge in [0.15, 0.2) is 0 Å². The van der Waals surface area contributed by atoms with E-state index in [1.165, 1.54) is 88.0 Å². The molecule has 0 aliphatic heterocycles. The molecule has 0 N–H and O–H groups in total. The Morgan fingerprint density at radius 3 is 1.40 bits per heavy atom. The van der Waals surface area contributed by atoms with Gasteiger partial charge in [0.2, 0.25) is 0 Å². The summed E-state index contributed by atoms with van der Waals surface area (Å²) in [5.74, 6) is 0. The predicted molar refractivity (Wildman–Crippen MR) is 208 cm³/mol. The largest absolute Gasteiger partial charge is 4.00 e. The van der Waals surface area contributed by atoms with Gasteiger partial charge in [0, 0.05) is 0 Å². The second-order valence-corrected chi connectivity index (χ2v) is 17.2. The first kappa shape index (κ1) is 36.2. The van der Waals surface area contributed by atoms with Crippen LogP contribution in [-0.4, -0.2) is 8.07 Å². The molecule has 2 heteroatoms. The Hall–Kier alpha value is -3.59. The summed E-state index contributed by atoms with van der Waals surface area (Å²) in [7, 11) is -2.15. The first-order valence-electron chi connectivity index (χ1n) is 15.9. The molecule has 7 rings (SSSR count). The van der Waals surface area contributed by atoms with Crippen LogP contribution in [0.2, 0.25) is 12.6 Å². The fraction of sp³-hybridized carbons (Fsp3) is 0.156. The molecule has 0 bridgehead atoms. The van der Waals surface area contributed by atoms with Gasteiger partial charge in [0.1, 0.15) is 0 Å². The SMILES string of the molecule is Cc1cccc(-c2cccc3[cH-]c([Si](C)(CCc4ccccc4)c4cc5c(-c6cccc(C)c6C)cccc5[cH-]4)cc23)c1C.[CH3-].[CH3-].[Hf+4]. The van der Waals surface area contributed by atoms with E-state index < -0.39 is 8.07 Å². The van der Waals surface area contributed by atoms with E-state index >= 15 is 0 Å². The molecule has 0 atom stereocenters. The van der Waals surface area contributed by atoms with E-state index in [1.54, 1.807) is 0 Å². The van der Waals surface area contributed by atoms with Gasteiger partial charge in [-0.25, -0.2) is 0 Å². The third-order valence-electron chi connectivity index (χ3n) is 10.3. The first-order chi connectivity index (χ1) is 21.3. The average molecular weight is 793 g/mol. The number of benzene rings is 5. The third kappa shape index (κ3) is 6.60. The molecule has 0 unspecified atom stereocenters. The zero-order valence-corrected chi connectivity index (χ0v) is 33.6. The number of fused-ring (bicyclic) bond motifs is 2. The van der Waals surface area contributed by atoms with E-state index in [0.29, 0.717) is 0 Å². The Kier molecular flexibility index (Phi) is 11.3. The maximum atomic E-state index is 2.60. The number of hydrogen-bond acceptors (Lipinski definition) is 0. The Balaban J connectivity index is 0.00000167. The van der Waals surface area contributed by atoms with E-state index in [4.69, 9.17) is 0 Å². The number of rotatable bonds is 7. The van der Waals surface area contributed by atoms with Crippen molar-refractivity contribution >= 4 is 40.0 Å². The molecule has 47 heavy (non-hydrogen) atoms. The van der Waals surface area contributed by atoms with Crippen molar-refractivity contribution in [1.29, 1.82) is 0 Å². The number of aryl methyl sites for hydroxylation is 3. The number of hydrogen-bond donors (Lipinski definition) is 0. The Morgan fingerprint density at radius 1 is 0.511 bits per heavy atom. The van der Waals surface area contributed by atoms with Crippen LogP contribution in [0.3, 0.4) is 0 Å². The van der Waals surface area contributed by atoms with Crippen LogP contribution in [0.25, 0.3) is 43.8 Å². The molecule has 7 aromatic carbocycles. The fourth-order valence-corrected chi connectivity index (χ4v) is 10.7. The van der Waals surface area contributed by atoms with Crippen LogP contribution in [-0.2, 0) is 32.3 Å². The summed E-state index contributed by atoms with van der Waals surface area (Å²) in [6.45, 7) is 11.6. The van der Waals surface area contributed by atoms with Gasteiger partial charge in [-0.2, -0.15) is 12.1 Å². The summed E-state index contributed by atoms with van der Waals surface area (Å²) in [5.41, 5.74) is 12.2. The van der Waals surface area contributed by atoms with Crippen LogP contribution in [0.1, 0.15) is 27.8 Å². The zero-order chi connectivity index (χ0) is 30.4. The van der Waals surface area contributed by atoms with Crippen LogP contribution in [0.5, 0.6) is 0 Å². The van der Waals surface area contributed by atoms with E-state index in [1.807, 2.05) is 0 Å². The summed E-state index contributed by atoms with van der Waals surface area (Å²) < 4.78 is 0. The monoisotopic (exact) mass is 794 g/mol. The first-order valence-corrected chi connectivity index (χ1v) is 18.6. The average Bonchev–Trinajstić information content (AvgIpc) is 3.69. The van der Waals surface area contributed by atoms with Crippen LogP contribution in [0.15, 0.2) is 127 Å². The summed E-state index contributed by atoms with van der Waals surface area (Å²) in [6, 6.07) is 49.5. The van der Waals surface area contributed by atoms with Crippen molar-refractivity contribution in [3.8, 4) is 22.3 Å². The van der Waals surface area contributed by atoms with Crippen molar-refractivity contribution in [2.45, 2.75) is 46.7 Å².